The van der Waals surface area contributed by atoms with Crippen molar-refractivity contribution in [1.82, 2.24) is 4.90 Å². The zero-order valence-electron chi connectivity index (χ0n) is 16.9. The molecule has 0 bridgehead atoms. The minimum atomic E-state index is -0.843. The van der Waals surface area contributed by atoms with Gasteiger partial charge in [0.1, 0.15) is 23.3 Å². The molecule has 0 spiro atoms. The summed E-state index contributed by atoms with van der Waals surface area (Å²) in [5.74, 6) is 1.02. The van der Waals surface area contributed by atoms with E-state index < -0.39 is 18.1 Å². The molecule has 156 valence electrons. The van der Waals surface area contributed by atoms with Gasteiger partial charge in [-0.15, -0.1) is 0 Å². The molecule has 1 N–H and O–H groups in total. The summed E-state index contributed by atoms with van der Waals surface area (Å²) in [4.78, 5) is 14.1. The molecule has 1 aliphatic heterocycles. The first kappa shape index (κ1) is 21.3. The molecule has 2 atom stereocenters. The average molecular weight is 420 g/mol. The average Bonchev–Trinajstić information content (AvgIpc) is 2.74. The number of carboxylic acids is 1. The summed E-state index contributed by atoms with van der Waals surface area (Å²) < 4.78 is 16.9. The second kappa shape index (κ2) is 9.37. The number of likely N-dealkylation sites (tertiary alicyclic amines) is 1. The smallest absolute Gasteiger partial charge is 0.320 e. The number of rotatable bonds is 7. The number of halogens is 1. The third-order valence-corrected chi connectivity index (χ3v) is 5.62. The first-order valence-corrected chi connectivity index (χ1v) is 9.92. The molecule has 29 heavy (non-hydrogen) atoms. The molecule has 1 saturated heterocycles. The Balaban J connectivity index is 2.29. The zero-order chi connectivity index (χ0) is 21.0. The number of aliphatic carboxylic acids is 1. The van der Waals surface area contributed by atoms with E-state index in [1.807, 2.05) is 29.2 Å². The van der Waals surface area contributed by atoms with Crippen molar-refractivity contribution in [2.24, 2.45) is 0 Å². The Morgan fingerprint density at radius 3 is 2.31 bits per heavy atom. The number of carboxylic acid groups (broad SMARTS) is 1. The van der Waals surface area contributed by atoms with Crippen LogP contribution in [-0.2, 0) is 4.79 Å². The van der Waals surface area contributed by atoms with Crippen LogP contribution in [0.5, 0.6) is 17.2 Å². The molecule has 0 saturated carbocycles. The molecule has 1 aliphatic rings. The lowest BCUT2D eigenvalue weighted by atomic mass is 9.90. The highest BCUT2D eigenvalue weighted by molar-refractivity contribution is 6.30. The van der Waals surface area contributed by atoms with Crippen LogP contribution < -0.4 is 14.2 Å². The Labute approximate surface area is 175 Å². The number of benzene rings is 2. The number of ether oxygens (including phenoxy) is 3. The lowest BCUT2D eigenvalue weighted by Gasteiger charge is -2.40. The van der Waals surface area contributed by atoms with Crippen molar-refractivity contribution < 1.29 is 24.1 Å². The van der Waals surface area contributed by atoms with E-state index in [1.54, 1.807) is 33.5 Å². The van der Waals surface area contributed by atoms with Crippen LogP contribution in [0.15, 0.2) is 36.4 Å². The number of piperidine rings is 1. The Morgan fingerprint density at radius 1 is 1.07 bits per heavy atom. The molecule has 0 radical (unpaired) electrons. The zero-order valence-corrected chi connectivity index (χ0v) is 17.6. The molecule has 2 aromatic carbocycles. The van der Waals surface area contributed by atoms with Crippen LogP contribution in [0.25, 0.3) is 0 Å². The van der Waals surface area contributed by atoms with E-state index in [4.69, 9.17) is 25.8 Å². The summed E-state index contributed by atoms with van der Waals surface area (Å²) in [5, 5.41) is 10.5. The van der Waals surface area contributed by atoms with Crippen molar-refractivity contribution in [3.05, 3.63) is 52.5 Å². The van der Waals surface area contributed by atoms with Gasteiger partial charge in [-0.3, -0.25) is 9.69 Å². The Hall–Kier alpha value is -2.44. The number of hydrogen-bond donors (Lipinski definition) is 1. The fourth-order valence-electron chi connectivity index (χ4n) is 4.10. The van der Waals surface area contributed by atoms with Crippen LogP contribution in [0.2, 0.25) is 5.02 Å². The maximum Gasteiger partial charge on any atom is 0.320 e. The minimum Gasteiger partial charge on any atom is -0.496 e. The molecular formula is C22H26ClNO5. The monoisotopic (exact) mass is 419 g/mol. The van der Waals surface area contributed by atoms with Gasteiger partial charge in [-0.2, -0.15) is 0 Å². The molecule has 1 fully saturated rings. The molecule has 6 nitrogen and oxygen atoms in total. The van der Waals surface area contributed by atoms with Gasteiger partial charge in [0, 0.05) is 10.6 Å². The van der Waals surface area contributed by atoms with Gasteiger partial charge >= 0.3 is 5.97 Å². The Morgan fingerprint density at radius 2 is 1.72 bits per heavy atom. The molecule has 7 heteroatoms. The van der Waals surface area contributed by atoms with Crippen molar-refractivity contribution in [1.29, 1.82) is 0 Å². The van der Waals surface area contributed by atoms with Gasteiger partial charge in [0.2, 0.25) is 0 Å². The summed E-state index contributed by atoms with van der Waals surface area (Å²) in [6, 6.07) is 9.83. The third kappa shape index (κ3) is 4.28. The van der Waals surface area contributed by atoms with Crippen LogP contribution in [0.3, 0.4) is 0 Å². The largest absolute Gasteiger partial charge is 0.496 e. The third-order valence-electron chi connectivity index (χ3n) is 5.39. The first-order valence-electron chi connectivity index (χ1n) is 9.54. The van der Waals surface area contributed by atoms with Crippen LogP contribution in [-0.4, -0.2) is 49.9 Å². The van der Waals surface area contributed by atoms with Crippen LogP contribution in [0.1, 0.15) is 36.4 Å². The van der Waals surface area contributed by atoms with E-state index >= 15 is 0 Å². The summed E-state index contributed by atoms with van der Waals surface area (Å²) in [5.41, 5.74) is 1.53. The van der Waals surface area contributed by atoms with Crippen molar-refractivity contribution in [2.75, 3.05) is 27.9 Å². The predicted octanol–water partition coefficient (Wildman–Crippen LogP) is 4.39. The van der Waals surface area contributed by atoms with Gasteiger partial charge in [0.05, 0.1) is 32.9 Å². The highest BCUT2D eigenvalue weighted by atomic mass is 35.5. The Kier molecular flexibility index (Phi) is 6.87. The van der Waals surface area contributed by atoms with Gasteiger partial charge in [-0.1, -0.05) is 24.1 Å². The second-order valence-electron chi connectivity index (χ2n) is 6.95. The van der Waals surface area contributed by atoms with Crippen LogP contribution in [0.4, 0.5) is 0 Å². The van der Waals surface area contributed by atoms with E-state index in [9.17, 15) is 9.90 Å². The molecule has 0 aromatic heterocycles. The topological polar surface area (TPSA) is 68.2 Å². The standard InChI is InChI=1S/C22H26ClNO5/c1-27-17-11-10-14(23)13-15(17)21(24-12-5-4-7-16(24)22(25)26)20-18(28-2)8-6-9-19(20)29-3/h6,8-11,13,16,21H,4-5,7,12H2,1-3H3,(H,25,26). The van der Waals surface area contributed by atoms with Gasteiger partial charge in [-0.05, 0) is 49.7 Å². The lowest BCUT2D eigenvalue weighted by molar-refractivity contribution is -0.145. The quantitative estimate of drug-likeness (QED) is 0.717. The predicted molar refractivity (Wildman–Crippen MR) is 111 cm³/mol. The van der Waals surface area contributed by atoms with Crippen LogP contribution >= 0.6 is 11.6 Å². The summed E-state index contributed by atoms with van der Waals surface area (Å²) >= 11 is 6.34. The fourth-order valence-corrected chi connectivity index (χ4v) is 4.28. The highest BCUT2D eigenvalue weighted by Crippen LogP contribution is 2.46. The number of nitrogens with zero attached hydrogens (tertiary/aromatic N) is 1. The normalized spacial score (nSPS) is 18.1. The molecular weight excluding hydrogens is 394 g/mol. The van der Waals surface area contributed by atoms with Gasteiger partial charge in [-0.25, -0.2) is 0 Å². The van der Waals surface area contributed by atoms with E-state index in [1.165, 1.54) is 0 Å². The lowest BCUT2D eigenvalue weighted by Crippen LogP contribution is -2.47. The molecule has 1 heterocycles. The van der Waals surface area contributed by atoms with E-state index in [0.717, 1.165) is 24.0 Å². The number of methoxy groups -OCH3 is 3. The summed E-state index contributed by atoms with van der Waals surface area (Å²) in [6.07, 6.45) is 2.35. The maximum atomic E-state index is 12.1. The fraction of sp³-hybridized carbons (Fsp3) is 0.409. The van der Waals surface area contributed by atoms with Crippen molar-refractivity contribution in [2.45, 2.75) is 31.3 Å². The van der Waals surface area contributed by atoms with Crippen molar-refractivity contribution in [3.63, 3.8) is 0 Å². The van der Waals surface area contributed by atoms with Gasteiger partial charge < -0.3 is 19.3 Å². The SMILES string of the molecule is COc1ccc(Cl)cc1C(c1c(OC)cccc1OC)N1CCCCC1C(=O)O. The minimum absolute atomic E-state index is 0.462. The summed E-state index contributed by atoms with van der Waals surface area (Å²) in [7, 11) is 4.78. The molecule has 0 amide bonds. The van der Waals surface area contributed by atoms with Gasteiger partial charge in [0.15, 0.2) is 0 Å². The van der Waals surface area contributed by atoms with Crippen LogP contribution in [0, 0.1) is 0 Å². The van der Waals surface area contributed by atoms with Crippen molar-refractivity contribution >= 4 is 17.6 Å². The summed E-state index contributed by atoms with van der Waals surface area (Å²) in [6.45, 7) is 0.624. The molecule has 2 unspecified atom stereocenters. The van der Waals surface area contributed by atoms with E-state index in [0.29, 0.717) is 35.2 Å². The van der Waals surface area contributed by atoms with E-state index in [2.05, 4.69) is 0 Å². The second-order valence-corrected chi connectivity index (χ2v) is 7.39. The number of carbonyl (C=O) groups is 1. The molecule has 0 aliphatic carbocycles. The first-order chi connectivity index (χ1) is 14.0. The van der Waals surface area contributed by atoms with Gasteiger partial charge in [0.25, 0.3) is 0 Å². The maximum absolute atomic E-state index is 12.1. The highest BCUT2D eigenvalue weighted by Gasteiger charge is 2.39. The molecule has 3 rings (SSSR count). The number of hydrogen-bond acceptors (Lipinski definition) is 5. The van der Waals surface area contributed by atoms with Crippen molar-refractivity contribution in [3.8, 4) is 17.2 Å². The Bertz CT molecular complexity index is 850. The van der Waals surface area contributed by atoms with E-state index in [-0.39, 0.29) is 0 Å². The molecule has 2 aromatic rings.